The Labute approximate surface area is 90.0 Å². The van der Waals surface area contributed by atoms with Gasteiger partial charge in [-0.1, -0.05) is 0 Å². The van der Waals surface area contributed by atoms with Gasteiger partial charge < -0.3 is 31.4 Å². The Morgan fingerprint density at radius 3 is 0.933 bits per heavy atom. The van der Waals surface area contributed by atoms with Gasteiger partial charge in [0.2, 0.25) is 0 Å². The molecule has 0 spiro atoms. The Morgan fingerprint density at radius 1 is 0.600 bits per heavy atom. The molecule has 0 bridgehead atoms. The molecule has 6 heteroatoms. The van der Waals surface area contributed by atoms with Gasteiger partial charge in [0.25, 0.3) is 0 Å². The fraction of sp³-hybridized carbons (Fsp3) is 1.00. The van der Waals surface area contributed by atoms with Gasteiger partial charge in [-0.15, -0.1) is 0 Å². The molecule has 0 aromatic carbocycles. The summed E-state index contributed by atoms with van der Waals surface area (Å²) in [4.78, 5) is 0. The zero-order chi connectivity index (χ0) is 11.6. The summed E-state index contributed by atoms with van der Waals surface area (Å²) in [5.41, 5.74) is 12.3. The molecule has 0 atom stereocenters. The normalized spacial score (nSPS) is 46.8. The highest BCUT2D eigenvalue weighted by atomic mass is 16.5. The highest BCUT2D eigenvalue weighted by Gasteiger charge is 2.54. The Kier molecular flexibility index (Phi) is 4.45. The van der Waals surface area contributed by atoms with Crippen LogP contribution < -0.4 is 17.2 Å². The van der Waals surface area contributed by atoms with E-state index in [1.807, 2.05) is 0 Å². The van der Waals surface area contributed by atoms with Gasteiger partial charge in [-0.2, -0.15) is 0 Å². The zero-order valence-corrected chi connectivity index (χ0v) is 9.81. The first-order chi connectivity index (χ1) is 7.08. The van der Waals surface area contributed by atoms with Crippen molar-refractivity contribution in [2.75, 3.05) is 21.3 Å². The third-order valence-corrected chi connectivity index (χ3v) is 3.35. The van der Waals surface area contributed by atoms with Crippen LogP contribution in [0, 0.1) is 0 Å². The number of rotatable bonds is 3. The van der Waals surface area contributed by atoms with Gasteiger partial charge in [0.1, 0.15) is 18.1 Å². The summed E-state index contributed by atoms with van der Waals surface area (Å²) in [6.45, 7) is 0. The van der Waals surface area contributed by atoms with Gasteiger partial charge in [-0.3, -0.25) is 0 Å². The minimum absolute atomic E-state index is 0.0383. The number of hydrogen-bond acceptors (Lipinski definition) is 3. The van der Waals surface area contributed by atoms with Crippen molar-refractivity contribution in [3.05, 3.63) is 0 Å². The van der Waals surface area contributed by atoms with Gasteiger partial charge in [0.05, 0.1) is 0 Å². The summed E-state index contributed by atoms with van der Waals surface area (Å²) >= 11 is 0. The van der Waals surface area contributed by atoms with E-state index in [1.165, 1.54) is 0 Å². The van der Waals surface area contributed by atoms with Crippen LogP contribution >= 0.6 is 0 Å². The summed E-state index contributed by atoms with van der Waals surface area (Å²) < 4.78 is 16.2. The molecular weight excluding hydrogens is 198 g/mol. The van der Waals surface area contributed by atoms with E-state index in [4.69, 9.17) is 14.2 Å². The second-order valence-corrected chi connectivity index (χ2v) is 4.09. The van der Waals surface area contributed by atoms with E-state index in [9.17, 15) is 0 Å². The Bertz CT molecular complexity index is 160. The smallest absolute Gasteiger partial charge is 0.165 e. The van der Waals surface area contributed by atoms with Crippen LogP contribution in [0.15, 0.2) is 0 Å². The molecule has 0 saturated heterocycles. The molecule has 1 fully saturated rings. The largest absolute Gasteiger partial charge is 0.369 e. The summed E-state index contributed by atoms with van der Waals surface area (Å²) in [5, 5.41) is 0. The minimum atomic E-state index is -0.0436. The maximum atomic E-state index is 5.42. The van der Waals surface area contributed by atoms with Crippen molar-refractivity contribution in [2.24, 2.45) is 0 Å². The molecule has 1 aliphatic rings. The van der Waals surface area contributed by atoms with Crippen LogP contribution in [0.4, 0.5) is 0 Å². The van der Waals surface area contributed by atoms with E-state index in [0.29, 0.717) is 0 Å². The second kappa shape index (κ2) is 5.20. The Hall–Kier alpha value is -0.240. The van der Waals surface area contributed by atoms with Crippen LogP contribution in [0.3, 0.4) is 0 Å². The molecule has 1 saturated carbocycles. The van der Waals surface area contributed by atoms with E-state index in [2.05, 4.69) is 17.2 Å². The maximum absolute atomic E-state index is 5.42. The molecule has 15 heavy (non-hydrogen) atoms. The van der Waals surface area contributed by atoms with Gasteiger partial charge in [-0.25, -0.2) is 0 Å². The quantitative estimate of drug-likeness (QED) is 0.451. The molecule has 1 rings (SSSR count). The molecule has 0 heterocycles. The topological polar surface area (TPSA) is 111 Å². The van der Waals surface area contributed by atoms with Crippen molar-refractivity contribution in [3.8, 4) is 0 Å². The molecule has 0 unspecified atom stereocenters. The van der Waals surface area contributed by atoms with Gasteiger partial charge >= 0.3 is 0 Å². The van der Waals surface area contributed by atoms with Crippen molar-refractivity contribution < 1.29 is 31.4 Å². The predicted octanol–water partition coefficient (Wildman–Crippen LogP) is -4.12. The lowest BCUT2D eigenvalue weighted by molar-refractivity contribution is -0.572. The van der Waals surface area contributed by atoms with Gasteiger partial charge in [-0.05, 0) is 0 Å². The summed E-state index contributed by atoms with van der Waals surface area (Å²) in [6, 6.07) is 0.115. The standard InChI is InChI=1S/C9H21N3O3/c1-13-7-4(10)8(14-2)6(12)9(15-3)5(7)11/h4-9H,10-12H2,1-3H3/p+3. The number of quaternary nitrogens is 3. The average molecular weight is 222 g/mol. The molecule has 90 valence electrons. The molecule has 1 aliphatic carbocycles. The van der Waals surface area contributed by atoms with Crippen LogP contribution in [0.2, 0.25) is 0 Å². The summed E-state index contributed by atoms with van der Waals surface area (Å²) in [7, 11) is 5.01. The monoisotopic (exact) mass is 222 g/mol. The van der Waals surface area contributed by atoms with Crippen LogP contribution in [-0.2, 0) is 14.2 Å². The number of ether oxygens (including phenoxy) is 3. The summed E-state index contributed by atoms with van der Waals surface area (Å²) in [6.07, 6.45) is -0.131. The molecule has 0 aromatic rings. The van der Waals surface area contributed by atoms with Crippen LogP contribution in [0.25, 0.3) is 0 Å². The molecule has 0 aromatic heterocycles. The van der Waals surface area contributed by atoms with E-state index in [-0.39, 0.29) is 36.4 Å². The molecule has 0 amide bonds. The third-order valence-electron chi connectivity index (χ3n) is 3.35. The van der Waals surface area contributed by atoms with E-state index >= 15 is 0 Å². The van der Waals surface area contributed by atoms with E-state index in [1.54, 1.807) is 21.3 Å². The SMILES string of the molecule is COC1C([NH3+])C(OC)C([NH3+])C(OC)C1[NH3+]. The predicted molar refractivity (Wildman–Crippen MR) is 52.4 cm³/mol. The van der Waals surface area contributed by atoms with E-state index < -0.39 is 0 Å². The Balaban J connectivity index is 2.87. The number of methoxy groups -OCH3 is 3. The van der Waals surface area contributed by atoms with Crippen LogP contribution in [0.5, 0.6) is 0 Å². The molecule has 0 aliphatic heterocycles. The second-order valence-electron chi connectivity index (χ2n) is 4.09. The van der Waals surface area contributed by atoms with Crippen LogP contribution in [0.1, 0.15) is 0 Å². The lowest BCUT2D eigenvalue weighted by Crippen LogP contribution is -2.93. The highest BCUT2D eigenvalue weighted by Crippen LogP contribution is 2.20. The van der Waals surface area contributed by atoms with E-state index in [0.717, 1.165) is 0 Å². The third kappa shape index (κ3) is 2.15. The first-order valence-corrected chi connectivity index (χ1v) is 5.16. The van der Waals surface area contributed by atoms with Gasteiger partial charge in [0, 0.05) is 21.3 Å². The first-order valence-electron chi connectivity index (χ1n) is 5.16. The molecule has 6 nitrogen and oxygen atoms in total. The van der Waals surface area contributed by atoms with Crippen molar-refractivity contribution in [2.45, 2.75) is 36.4 Å². The molecule has 9 N–H and O–H groups in total. The van der Waals surface area contributed by atoms with Crippen molar-refractivity contribution in [3.63, 3.8) is 0 Å². The van der Waals surface area contributed by atoms with Crippen LogP contribution in [-0.4, -0.2) is 57.8 Å². The number of hydrogen-bond donors (Lipinski definition) is 3. The summed E-state index contributed by atoms with van der Waals surface area (Å²) in [5.74, 6) is 0. The molecular formula is C9H24N3O3+3. The minimum Gasteiger partial charge on any atom is -0.369 e. The van der Waals surface area contributed by atoms with Crippen molar-refractivity contribution in [1.29, 1.82) is 0 Å². The highest BCUT2D eigenvalue weighted by molar-refractivity contribution is 4.98. The van der Waals surface area contributed by atoms with Gasteiger partial charge in [0.15, 0.2) is 18.3 Å². The lowest BCUT2D eigenvalue weighted by Gasteiger charge is -2.40. The fourth-order valence-corrected chi connectivity index (χ4v) is 2.56. The average Bonchev–Trinajstić information content (AvgIpc) is 2.19. The molecule has 0 radical (unpaired) electrons. The Morgan fingerprint density at radius 2 is 0.800 bits per heavy atom. The van der Waals surface area contributed by atoms with Crippen molar-refractivity contribution >= 4 is 0 Å². The fourth-order valence-electron chi connectivity index (χ4n) is 2.56. The van der Waals surface area contributed by atoms with Crippen molar-refractivity contribution in [1.82, 2.24) is 0 Å². The zero-order valence-electron chi connectivity index (χ0n) is 9.81. The maximum Gasteiger partial charge on any atom is 0.165 e. The first kappa shape index (κ1) is 12.8. The lowest BCUT2D eigenvalue weighted by atomic mass is 9.81.